The highest BCUT2D eigenvalue weighted by Gasteiger charge is 2.53. The zero-order chi connectivity index (χ0) is 11.3. The first-order chi connectivity index (χ1) is 7.56. The molecule has 0 radical (unpaired) electrons. The van der Waals surface area contributed by atoms with Crippen molar-refractivity contribution in [3.8, 4) is 0 Å². The number of carbonyl (C=O) groups is 1. The lowest BCUT2D eigenvalue weighted by Crippen LogP contribution is -2.54. The minimum Gasteiger partial charge on any atom is -0.458 e. The van der Waals surface area contributed by atoms with Crippen molar-refractivity contribution >= 4 is 5.97 Å². The van der Waals surface area contributed by atoms with Gasteiger partial charge in [-0.1, -0.05) is 0 Å². The van der Waals surface area contributed by atoms with Crippen molar-refractivity contribution in [2.24, 2.45) is 23.5 Å². The van der Waals surface area contributed by atoms with Crippen LogP contribution in [0.5, 0.6) is 0 Å². The van der Waals surface area contributed by atoms with Gasteiger partial charge in [0.05, 0.1) is 0 Å². The standard InChI is InChI=1S/C13H21NO2/c1-8(14)12(15)16-13-5-9-2-10(6-13)4-11(3-9)7-13/h8-11H,2-7,14H2,1H3. The molecule has 3 heteroatoms. The van der Waals surface area contributed by atoms with Gasteiger partial charge in [0.15, 0.2) is 0 Å². The summed E-state index contributed by atoms with van der Waals surface area (Å²) >= 11 is 0. The molecule has 4 rings (SSSR count). The second kappa shape index (κ2) is 3.46. The van der Waals surface area contributed by atoms with Crippen LogP contribution in [-0.4, -0.2) is 17.6 Å². The minimum atomic E-state index is -0.479. The van der Waals surface area contributed by atoms with E-state index in [2.05, 4.69) is 0 Å². The third kappa shape index (κ3) is 1.65. The molecule has 0 saturated heterocycles. The molecule has 2 N–H and O–H groups in total. The van der Waals surface area contributed by atoms with E-state index in [0.29, 0.717) is 0 Å². The third-order valence-electron chi connectivity index (χ3n) is 4.67. The molecule has 0 spiro atoms. The van der Waals surface area contributed by atoms with Crippen LogP contribution in [0.4, 0.5) is 0 Å². The highest BCUT2D eigenvalue weighted by Crippen LogP contribution is 2.57. The average molecular weight is 223 g/mol. The number of esters is 1. The van der Waals surface area contributed by atoms with Crippen LogP contribution >= 0.6 is 0 Å². The summed E-state index contributed by atoms with van der Waals surface area (Å²) in [6.45, 7) is 1.71. The van der Waals surface area contributed by atoms with E-state index in [1.54, 1.807) is 6.92 Å². The summed E-state index contributed by atoms with van der Waals surface area (Å²) in [4.78, 5) is 11.7. The molecule has 1 unspecified atom stereocenters. The van der Waals surface area contributed by atoms with Gasteiger partial charge in [0.2, 0.25) is 0 Å². The Balaban J connectivity index is 1.76. The Bertz CT molecular complexity index is 276. The average Bonchev–Trinajstić information content (AvgIpc) is 2.13. The summed E-state index contributed by atoms with van der Waals surface area (Å²) in [5.41, 5.74) is 5.47. The van der Waals surface area contributed by atoms with Crippen LogP contribution in [0.2, 0.25) is 0 Å². The first kappa shape index (κ1) is 10.6. The molecule has 0 aliphatic heterocycles. The van der Waals surface area contributed by atoms with Crippen molar-refractivity contribution in [3.63, 3.8) is 0 Å². The van der Waals surface area contributed by atoms with Crippen LogP contribution in [0.3, 0.4) is 0 Å². The lowest BCUT2D eigenvalue weighted by molar-refractivity contribution is -0.187. The third-order valence-corrected chi connectivity index (χ3v) is 4.67. The maximum absolute atomic E-state index is 11.7. The molecular formula is C13H21NO2. The highest BCUT2D eigenvalue weighted by atomic mass is 16.6. The van der Waals surface area contributed by atoms with Gasteiger partial charge in [0.1, 0.15) is 11.6 Å². The van der Waals surface area contributed by atoms with E-state index in [4.69, 9.17) is 10.5 Å². The number of hydrogen-bond donors (Lipinski definition) is 1. The molecule has 16 heavy (non-hydrogen) atoms. The molecule has 0 amide bonds. The number of nitrogens with two attached hydrogens (primary N) is 1. The van der Waals surface area contributed by atoms with Gasteiger partial charge in [0.25, 0.3) is 0 Å². The first-order valence-electron chi connectivity index (χ1n) is 6.55. The van der Waals surface area contributed by atoms with Crippen LogP contribution < -0.4 is 5.73 Å². The summed E-state index contributed by atoms with van der Waals surface area (Å²) in [5, 5.41) is 0. The van der Waals surface area contributed by atoms with Crippen molar-refractivity contribution < 1.29 is 9.53 Å². The summed E-state index contributed by atoms with van der Waals surface area (Å²) in [7, 11) is 0. The van der Waals surface area contributed by atoms with E-state index in [1.807, 2.05) is 0 Å². The molecule has 0 aromatic heterocycles. The summed E-state index contributed by atoms with van der Waals surface area (Å²) in [6, 6.07) is -0.479. The monoisotopic (exact) mass is 223 g/mol. The van der Waals surface area contributed by atoms with Crippen molar-refractivity contribution in [2.75, 3.05) is 0 Å². The zero-order valence-corrected chi connectivity index (χ0v) is 9.95. The Hall–Kier alpha value is -0.570. The first-order valence-corrected chi connectivity index (χ1v) is 6.55. The van der Waals surface area contributed by atoms with Gasteiger partial charge in [0, 0.05) is 0 Å². The Morgan fingerprint density at radius 1 is 1.19 bits per heavy atom. The van der Waals surface area contributed by atoms with E-state index < -0.39 is 6.04 Å². The molecule has 4 saturated carbocycles. The molecule has 1 atom stereocenters. The van der Waals surface area contributed by atoms with Crippen molar-refractivity contribution in [3.05, 3.63) is 0 Å². The fraction of sp³-hybridized carbons (Fsp3) is 0.923. The van der Waals surface area contributed by atoms with Crippen LogP contribution in [0.1, 0.15) is 45.4 Å². The summed E-state index contributed by atoms with van der Waals surface area (Å²) < 4.78 is 5.75. The Morgan fingerprint density at radius 2 is 1.62 bits per heavy atom. The SMILES string of the molecule is CC(N)C(=O)OC12CC3CC(CC(C3)C1)C2. The highest BCUT2D eigenvalue weighted by molar-refractivity contribution is 5.75. The molecule has 4 bridgehead atoms. The van der Waals surface area contributed by atoms with Crippen LogP contribution in [0.25, 0.3) is 0 Å². The fourth-order valence-electron chi connectivity index (χ4n) is 4.46. The number of rotatable bonds is 2. The van der Waals surface area contributed by atoms with E-state index in [0.717, 1.165) is 37.0 Å². The molecule has 4 aliphatic carbocycles. The Morgan fingerprint density at radius 3 is 2.00 bits per heavy atom. The molecule has 4 fully saturated rings. The Labute approximate surface area is 96.7 Å². The maximum Gasteiger partial charge on any atom is 0.323 e. The Kier molecular flexibility index (Phi) is 2.29. The van der Waals surface area contributed by atoms with Crippen molar-refractivity contribution in [1.29, 1.82) is 0 Å². The summed E-state index contributed by atoms with van der Waals surface area (Å²) in [5.74, 6) is 2.23. The minimum absolute atomic E-state index is 0.126. The lowest BCUT2D eigenvalue weighted by atomic mass is 9.54. The van der Waals surface area contributed by atoms with Crippen molar-refractivity contribution in [1.82, 2.24) is 0 Å². The van der Waals surface area contributed by atoms with E-state index in [-0.39, 0.29) is 11.6 Å². The topological polar surface area (TPSA) is 52.3 Å². The molecular weight excluding hydrogens is 202 g/mol. The molecule has 4 aliphatic rings. The molecule has 0 aromatic carbocycles. The molecule has 0 aromatic rings. The van der Waals surface area contributed by atoms with Crippen molar-refractivity contribution in [2.45, 2.75) is 57.1 Å². The molecule has 3 nitrogen and oxygen atoms in total. The van der Waals surface area contributed by atoms with Gasteiger partial charge in [-0.05, 0) is 63.2 Å². The van der Waals surface area contributed by atoms with Gasteiger partial charge < -0.3 is 10.5 Å². The van der Waals surface area contributed by atoms with E-state index in [1.165, 1.54) is 19.3 Å². The van der Waals surface area contributed by atoms with Gasteiger partial charge in [-0.3, -0.25) is 4.79 Å². The van der Waals surface area contributed by atoms with E-state index in [9.17, 15) is 4.79 Å². The number of ether oxygens (including phenoxy) is 1. The molecule has 90 valence electrons. The van der Waals surface area contributed by atoms with Gasteiger partial charge in [-0.2, -0.15) is 0 Å². The van der Waals surface area contributed by atoms with E-state index >= 15 is 0 Å². The normalized spacial score (nSPS) is 46.8. The van der Waals surface area contributed by atoms with Crippen LogP contribution in [0.15, 0.2) is 0 Å². The predicted octanol–water partition coefficient (Wildman–Crippen LogP) is 1.85. The van der Waals surface area contributed by atoms with Crippen LogP contribution in [0, 0.1) is 17.8 Å². The smallest absolute Gasteiger partial charge is 0.323 e. The molecule has 0 heterocycles. The van der Waals surface area contributed by atoms with Gasteiger partial charge >= 0.3 is 5.97 Å². The van der Waals surface area contributed by atoms with Gasteiger partial charge in [-0.15, -0.1) is 0 Å². The number of carbonyl (C=O) groups excluding carboxylic acids is 1. The lowest BCUT2D eigenvalue weighted by Gasteiger charge is -2.55. The maximum atomic E-state index is 11.7. The second-order valence-electron chi connectivity index (χ2n) is 6.31. The fourth-order valence-corrected chi connectivity index (χ4v) is 4.46. The quantitative estimate of drug-likeness (QED) is 0.727. The second-order valence-corrected chi connectivity index (χ2v) is 6.31. The summed E-state index contributed by atoms with van der Waals surface area (Å²) in [6.07, 6.45) is 7.39. The number of hydrogen-bond acceptors (Lipinski definition) is 3. The predicted molar refractivity (Wildman–Crippen MR) is 60.6 cm³/mol. The van der Waals surface area contributed by atoms with Gasteiger partial charge in [-0.25, -0.2) is 0 Å². The largest absolute Gasteiger partial charge is 0.458 e. The van der Waals surface area contributed by atoms with Crippen LogP contribution in [-0.2, 0) is 9.53 Å². The zero-order valence-electron chi connectivity index (χ0n) is 9.95.